The van der Waals surface area contributed by atoms with Gasteiger partial charge in [-0.15, -0.1) is 0 Å². The van der Waals surface area contributed by atoms with E-state index in [0.717, 1.165) is 0 Å². The van der Waals surface area contributed by atoms with Gasteiger partial charge in [0.1, 0.15) is 0 Å². The van der Waals surface area contributed by atoms with Gasteiger partial charge in [-0.25, -0.2) is 8.42 Å². The Labute approximate surface area is 109 Å². The molecule has 0 saturated carbocycles. The van der Waals surface area contributed by atoms with Crippen molar-refractivity contribution in [3.8, 4) is 0 Å². The second kappa shape index (κ2) is 6.49. The fourth-order valence-corrected chi connectivity index (χ4v) is 4.11. The van der Waals surface area contributed by atoms with Gasteiger partial charge in [-0.3, -0.25) is 4.79 Å². The van der Waals surface area contributed by atoms with Gasteiger partial charge in [-0.1, -0.05) is 0 Å². The molecule has 2 atom stereocenters. The topological polar surface area (TPSA) is 106 Å². The van der Waals surface area contributed by atoms with Crippen LogP contribution in [-0.2, 0) is 14.8 Å². The predicted octanol–water partition coefficient (Wildman–Crippen LogP) is -0.359. The Balaban J connectivity index is 2.69. The van der Waals surface area contributed by atoms with E-state index >= 15 is 0 Å². The van der Waals surface area contributed by atoms with Crippen molar-refractivity contribution >= 4 is 15.9 Å². The molecule has 6 nitrogen and oxygen atoms in total. The first-order valence-corrected chi connectivity index (χ1v) is 7.98. The fourth-order valence-electron chi connectivity index (χ4n) is 2.24. The van der Waals surface area contributed by atoms with Gasteiger partial charge in [0.05, 0.1) is 11.7 Å². The minimum Gasteiger partial charge on any atom is -0.369 e. The molecule has 1 aliphatic rings. The zero-order valence-corrected chi connectivity index (χ0v) is 11.7. The molecule has 106 valence electrons. The van der Waals surface area contributed by atoms with E-state index in [9.17, 15) is 13.2 Å². The molecule has 4 N–H and O–H groups in total. The lowest BCUT2D eigenvalue weighted by Gasteiger charge is -2.35. The monoisotopic (exact) mass is 277 g/mol. The van der Waals surface area contributed by atoms with Gasteiger partial charge >= 0.3 is 0 Å². The van der Waals surface area contributed by atoms with Crippen molar-refractivity contribution < 1.29 is 13.2 Å². The lowest BCUT2D eigenvalue weighted by atomic mass is 9.95. The van der Waals surface area contributed by atoms with Crippen molar-refractivity contribution in [2.75, 3.05) is 18.8 Å². The quantitative estimate of drug-likeness (QED) is 0.646. The normalized spacial score (nSPS) is 26.1. The Kier molecular flexibility index (Phi) is 5.55. The summed E-state index contributed by atoms with van der Waals surface area (Å²) >= 11 is 0. The summed E-state index contributed by atoms with van der Waals surface area (Å²) in [6.07, 6.45) is 2.61. The Morgan fingerprint density at radius 3 is 2.56 bits per heavy atom. The minimum atomic E-state index is -3.30. The van der Waals surface area contributed by atoms with E-state index in [1.807, 2.05) is 6.92 Å². The molecule has 1 aliphatic heterocycles. The molecule has 0 bridgehead atoms. The van der Waals surface area contributed by atoms with E-state index < -0.39 is 15.9 Å². The highest BCUT2D eigenvalue weighted by Gasteiger charge is 2.35. The van der Waals surface area contributed by atoms with Gasteiger partial charge in [-0.2, -0.15) is 4.31 Å². The largest absolute Gasteiger partial charge is 0.369 e. The van der Waals surface area contributed by atoms with E-state index in [1.165, 1.54) is 4.31 Å². The van der Waals surface area contributed by atoms with E-state index in [4.69, 9.17) is 11.5 Å². The number of nitrogens with zero attached hydrogens (tertiary/aromatic N) is 1. The molecule has 1 heterocycles. The Morgan fingerprint density at radius 1 is 1.33 bits per heavy atom. The Bertz CT molecular complexity index is 383. The molecule has 2 unspecified atom stereocenters. The van der Waals surface area contributed by atoms with Crippen molar-refractivity contribution in [2.24, 2.45) is 17.4 Å². The second-order valence-electron chi connectivity index (χ2n) is 4.91. The summed E-state index contributed by atoms with van der Waals surface area (Å²) in [4.78, 5) is 11.2. The highest BCUT2D eigenvalue weighted by Crippen LogP contribution is 2.25. The maximum Gasteiger partial charge on any atom is 0.221 e. The van der Waals surface area contributed by atoms with Gasteiger partial charge in [0, 0.05) is 12.6 Å². The van der Waals surface area contributed by atoms with Gasteiger partial charge in [0.2, 0.25) is 15.9 Å². The van der Waals surface area contributed by atoms with Gasteiger partial charge in [-0.05, 0) is 39.2 Å². The number of hydrogen-bond acceptors (Lipinski definition) is 4. The highest BCUT2D eigenvalue weighted by atomic mass is 32.2. The van der Waals surface area contributed by atoms with Crippen LogP contribution >= 0.6 is 0 Å². The summed E-state index contributed by atoms with van der Waals surface area (Å²) < 4.78 is 25.8. The van der Waals surface area contributed by atoms with Gasteiger partial charge in [0.25, 0.3) is 0 Å². The molecular weight excluding hydrogens is 254 g/mol. The molecule has 1 fully saturated rings. The zero-order valence-electron chi connectivity index (χ0n) is 10.8. The van der Waals surface area contributed by atoms with Crippen LogP contribution in [0, 0.1) is 5.92 Å². The number of rotatable bonds is 6. The van der Waals surface area contributed by atoms with Gasteiger partial charge < -0.3 is 11.5 Å². The van der Waals surface area contributed by atoms with E-state index in [2.05, 4.69) is 0 Å². The average Bonchev–Trinajstić information content (AvgIpc) is 2.29. The van der Waals surface area contributed by atoms with Crippen molar-refractivity contribution in [3.05, 3.63) is 0 Å². The number of primary amides is 1. The van der Waals surface area contributed by atoms with Crippen LogP contribution in [0.15, 0.2) is 0 Å². The maximum atomic E-state index is 12.2. The molecule has 0 aromatic rings. The van der Waals surface area contributed by atoms with Crippen LogP contribution in [0.1, 0.15) is 32.6 Å². The number of nitrogens with two attached hydrogens (primary N) is 2. The molecule has 0 radical (unpaired) electrons. The van der Waals surface area contributed by atoms with Crippen LogP contribution in [0.5, 0.6) is 0 Å². The number of unbranched alkanes of at least 4 members (excludes halogenated alkanes) is 1. The summed E-state index contributed by atoms with van der Waals surface area (Å²) in [5.41, 5.74) is 10.6. The number of carbonyl (C=O) groups excluding carboxylic acids is 1. The smallest absolute Gasteiger partial charge is 0.221 e. The molecule has 0 aromatic carbocycles. The molecule has 18 heavy (non-hydrogen) atoms. The van der Waals surface area contributed by atoms with Crippen LogP contribution < -0.4 is 11.5 Å². The maximum absolute atomic E-state index is 12.2. The van der Waals surface area contributed by atoms with Crippen LogP contribution in [0.2, 0.25) is 0 Å². The number of amides is 1. The number of sulfonamides is 1. The zero-order chi connectivity index (χ0) is 13.8. The minimum absolute atomic E-state index is 0.0523. The molecular formula is C11H23N3O3S. The fraction of sp³-hybridized carbons (Fsp3) is 0.909. The third-order valence-electron chi connectivity index (χ3n) is 3.44. The van der Waals surface area contributed by atoms with Crippen LogP contribution in [-0.4, -0.2) is 43.5 Å². The van der Waals surface area contributed by atoms with Crippen molar-refractivity contribution in [3.63, 3.8) is 0 Å². The lowest BCUT2D eigenvalue weighted by Crippen LogP contribution is -2.49. The first-order valence-electron chi connectivity index (χ1n) is 6.37. The summed E-state index contributed by atoms with van der Waals surface area (Å²) in [5.74, 6) is -0.672. The van der Waals surface area contributed by atoms with E-state index in [0.29, 0.717) is 32.2 Å². The summed E-state index contributed by atoms with van der Waals surface area (Å²) in [6.45, 7) is 2.59. The second-order valence-corrected chi connectivity index (χ2v) is 6.95. The molecule has 0 aromatic heterocycles. The first-order chi connectivity index (χ1) is 8.38. The van der Waals surface area contributed by atoms with E-state index in [1.54, 1.807) is 0 Å². The molecule has 0 aliphatic carbocycles. The number of hydrogen-bond donors (Lipinski definition) is 2. The average molecular weight is 277 g/mol. The highest BCUT2D eigenvalue weighted by molar-refractivity contribution is 7.89. The summed E-state index contributed by atoms with van der Waals surface area (Å²) in [7, 11) is -3.30. The molecule has 0 spiro atoms. The van der Waals surface area contributed by atoms with Crippen molar-refractivity contribution in [1.29, 1.82) is 0 Å². The number of carbonyl (C=O) groups is 1. The summed E-state index contributed by atoms with van der Waals surface area (Å²) in [5, 5.41) is 0. The molecule has 1 saturated heterocycles. The Morgan fingerprint density at radius 2 is 2.00 bits per heavy atom. The number of piperidine rings is 1. The van der Waals surface area contributed by atoms with Crippen molar-refractivity contribution in [2.45, 2.75) is 38.6 Å². The lowest BCUT2D eigenvalue weighted by molar-refractivity contribution is -0.123. The third kappa shape index (κ3) is 3.93. The van der Waals surface area contributed by atoms with Crippen molar-refractivity contribution in [1.82, 2.24) is 4.31 Å². The van der Waals surface area contributed by atoms with Gasteiger partial charge in [0.15, 0.2) is 0 Å². The molecule has 1 rings (SSSR count). The first kappa shape index (κ1) is 15.4. The van der Waals surface area contributed by atoms with E-state index in [-0.39, 0.29) is 24.3 Å². The SMILES string of the molecule is CC1CCC(C(N)=O)CN1S(=O)(=O)CCCCN. The molecule has 1 amide bonds. The van der Waals surface area contributed by atoms with Crippen LogP contribution in [0.4, 0.5) is 0 Å². The van der Waals surface area contributed by atoms with Crippen LogP contribution in [0.25, 0.3) is 0 Å². The standard InChI is InChI=1S/C11H23N3O3S/c1-9-4-5-10(11(13)15)8-14(9)18(16,17)7-3-2-6-12/h9-10H,2-8,12H2,1H3,(H2,13,15). The predicted molar refractivity (Wildman–Crippen MR) is 70.2 cm³/mol. The summed E-state index contributed by atoms with van der Waals surface area (Å²) in [6, 6.07) is -0.0523. The molecule has 7 heteroatoms. The Hall–Kier alpha value is -0.660. The third-order valence-corrected chi connectivity index (χ3v) is 5.47. The van der Waals surface area contributed by atoms with Crippen LogP contribution in [0.3, 0.4) is 0 Å².